The fourth-order valence-corrected chi connectivity index (χ4v) is 4.35. The summed E-state index contributed by atoms with van der Waals surface area (Å²) in [4.78, 5) is 22.8. The molecule has 1 fully saturated rings. The lowest BCUT2D eigenvalue weighted by atomic mass is 10.1. The summed E-state index contributed by atoms with van der Waals surface area (Å²) < 4.78 is 5.70. The highest BCUT2D eigenvalue weighted by Crippen LogP contribution is 2.33. The number of H-pyrrole nitrogens is 1. The number of hydrogen-bond acceptors (Lipinski definition) is 4. The number of para-hydroxylation sites is 1. The van der Waals surface area contributed by atoms with Crippen LogP contribution in [-0.2, 0) is 0 Å². The predicted octanol–water partition coefficient (Wildman–Crippen LogP) is 3.98. The number of allylic oxidation sites excluding steroid dienone is 2. The Balaban J connectivity index is 1.41. The van der Waals surface area contributed by atoms with E-state index in [1.807, 2.05) is 35.2 Å². The van der Waals surface area contributed by atoms with Gasteiger partial charge in [-0.15, -0.1) is 0 Å². The number of anilines is 1. The molecule has 0 spiro atoms. The SMILES string of the molecule is COc1cc(C(=O)N2CCN(C)CC2)ccc1N1C=C(c2cc3ccccc3[nH]2)C=CC1. The van der Waals surface area contributed by atoms with Crippen molar-refractivity contribution >= 4 is 28.1 Å². The van der Waals surface area contributed by atoms with Gasteiger partial charge in [0.05, 0.1) is 12.8 Å². The number of fused-ring (bicyclic) bond motifs is 1. The molecule has 3 heterocycles. The number of likely N-dealkylation sites (N-methyl/N-ethyl adjacent to an activating group) is 1. The van der Waals surface area contributed by atoms with E-state index in [9.17, 15) is 4.79 Å². The van der Waals surface area contributed by atoms with Crippen molar-refractivity contribution in [2.45, 2.75) is 0 Å². The van der Waals surface area contributed by atoms with Gasteiger partial charge in [-0.05, 0) is 37.4 Å². The lowest BCUT2D eigenvalue weighted by molar-refractivity contribution is 0.0664. The van der Waals surface area contributed by atoms with Crippen LogP contribution in [0, 0.1) is 0 Å². The molecule has 2 aromatic carbocycles. The van der Waals surface area contributed by atoms with Crippen LogP contribution >= 0.6 is 0 Å². The average Bonchev–Trinajstić information content (AvgIpc) is 3.28. The Kier molecular flexibility index (Phi) is 5.45. The minimum absolute atomic E-state index is 0.0656. The van der Waals surface area contributed by atoms with Crippen LogP contribution in [-0.4, -0.2) is 67.6 Å². The van der Waals surface area contributed by atoms with E-state index in [1.54, 1.807) is 7.11 Å². The van der Waals surface area contributed by atoms with Crippen molar-refractivity contribution in [1.82, 2.24) is 14.8 Å². The maximum atomic E-state index is 13.0. The standard InChI is InChI=1S/C26H28N4O2/c1-28-12-14-29(15-13-28)26(31)20-9-10-24(25(17-20)32-2)30-11-5-7-21(18-30)23-16-19-6-3-4-8-22(19)27-23/h3-10,16-18,27H,11-15H2,1-2H3. The van der Waals surface area contributed by atoms with Gasteiger partial charge in [-0.25, -0.2) is 0 Å². The number of hydrogen-bond donors (Lipinski definition) is 1. The first kappa shape index (κ1) is 20.4. The zero-order valence-electron chi connectivity index (χ0n) is 18.5. The quantitative estimate of drug-likeness (QED) is 0.683. The normalized spacial score (nSPS) is 17.0. The first-order chi connectivity index (χ1) is 15.6. The van der Waals surface area contributed by atoms with Gasteiger partial charge in [0.25, 0.3) is 5.91 Å². The third kappa shape index (κ3) is 3.89. The number of amides is 1. The second kappa shape index (κ2) is 8.55. The molecule has 5 rings (SSSR count). The Hall–Kier alpha value is -3.51. The molecule has 2 aliphatic heterocycles. The van der Waals surface area contributed by atoms with Crippen LogP contribution in [0.15, 0.2) is 66.9 Å². The van der Waals surface area contributed by atoms with E-state index in [0.717, 1.165) is 55.2 Å². The van der Waals surface area contributed by atoms with Crippen LogP contribution in [0.4, 0.5) is 5.69 Å². The minimum Gasteiger partial charge on any atom is -0.495 e. The second-order valence-corrected chi connectivity index (χ2v) is 8.39. The van der Waals surface area contributed by atoms with Crippen molar-refractivity contribution in [3.8, 4) is 5.75 Å². The molecule has 164 valence electrons. The van der Waals surface area contributed by atoms with Crippen molar-refractivity contribution in [2.75, 3.05) is 51.8 Å². The molecule has 2 aliphatic rings. The van der Waals surface area contributed by atoms with Gasteiger partial charge in [0.2, 0.25) is 0 Å². The van der Waals surface area contributed by atoms with Crippen molar-refractivity contribution in [3.63, 3.8) is 0 Å². The molecule has 0 bridgehead atoms. The number of ether oxygens (including phenoxy) is 1. The van der Waals surface area contributed by atoms with E-state index >= 15 is 0 Å². The van der Waals surface area contributed by atoms with E-state index in [1.165, 1.54) is 5.39 Å². The number of rotatable bonds is 4. The molecule has 0 radical (unpaired) electrons. The van der Waals surface area contributed by atoms with Crippen molar-refractivity contribution in [3.05, 3.63) is 78.1 Å². The molecule has 1 amide bonds. The maximum absolute atomic E-state index is 13.0. The highest BCUT2D eigenvalue weighted by Gasteiger charge is 2.22. The number of benzene rings is 2. The fourth-order valence-electron chi connectivity index (χ4n) is 4.35. The van der Waals surface area contributed by atoms with E-state index in [2.05, 4.69) is 58.4 Å². The number of nitrogens with one attached hydrogen (secondary N) is 1. The molecule has 0 unspecified atom stereocenters. The van der Waals surface area contributed by atoms with E-state index in [4.69, 9.17) is 4.74 Å². The number of aromatic nitrogens is 1. The molecule has 3 aromatic rings. The van der Waals surface area contributed by atoms with Gasteiger partial charge in [-0.2, -0.15) is 0 Å². The summed E-state index contributed by atoms with van der Waals surface area (Å²) in [7, 11) is 3.75. The predicted molar refractivity (Wildman–Crippen MR) is 129 cm³/mol. The lowest BCUT2D eigenvalue weighted by Crippen LogP contribution is -2.47. The molecular weight excluding hydrogens is 400 g/mol. The van der Waals surface area contributed by atoms with Crippen molar-refractivity contribution in [1.29, 1.82) is 0 Å². The molecule has 1 aromatic heterocycles. The number of carbonyl (C=O) groups is 1. The van der Waals surface area contributed by atoms with Gasteiger partial charge in [-0.1, -0.05) is 30.4 Å². The Morgan fingerprint density at radius 3 is 2.62 bits per heavy atom. The van der Waals surface area contributed by atoms with Crippen LogP contribution in [0.5, 0.6) is 5.75 Å². The van der Waals surface area contributed by atoms with E-state index in [-0.39, 0.29) is 5.91 Å². The molecule has 1 saturated heterocycles. The molecule has 0 saturated carbocycles. The molecule has 0 atom stereocenters. The summed E-state index contributed by atoms with van der Waals surface area (Å²) in [5.41, 5.74) is 4.92. The third-order valence-corrected chi connectivity index (χ3v) is 6.26. The summed E-state index contributed by atoms with van der Waals surface area (Å²) in [6, 6.07) is 16.2. The number of carbonyl (C=O) groups excluding carboxylic acids is 1. The number of piperazine rings is 1. The summed E-state index contributed by atoms with van der Waals surface area (Å²) >= 11 is 0. The molecule has 0 aliphatic carbocycles. The van der Waals surface area contributed by atoms with Gasteiger partial charge in [0, 0.05) is 66.7 Å². The molecule has 6 nitrogen and oxygen atoms in total. The lowest BCUT2D eigenvalue weighted by Gasteiger charge is -2.32. The van der Waals surface area contributed by atoms with Gasteiger partial charge in [0.1, 0.15) is 5.75 Å². The van der Waals surface area contributed by atoms with Gasteiger partial charge in [-0.3, -0.25) is 4.79 Å². The smallest absolute Gasteiger partial charge is 0.254 e. The van der Waals surface area contributed by atoms with Gasteiger partial charge >= 0.3 is 0 Å². The molecule has 32 heavy (non-hydrogen) atoms. The van der Waals surface area contributed by atoms with Crippen molar-refractivity contribution in [2.24, 2.45) is 0 Å². The Labute approximate surface area is 188 Å². The van der Waals surface area contributed by atoms with E-state index < -0.39 is 0 Å². The summed E-state index contributed by atoms with van der Waals surface area (Å²) in [6.45, 7) is 4.07. The first-order valence-electron chi connectivity index (χ1n) is 11.0. The summed E-state index contributed by atoms with van der Waals surface area (Å²) in [5, 5.41) is 1.19. The average molecular weight is 429 g/mol. The van der Waals surface area contributed by atoms with Crippen molar-refractivity contribution < 1.29 is 9.53 Å². The Morgan fingerprint density at radius 2 is 1.84 bits per heavy atom. The molecule has 1 N–H and O–H groups in total. The highest BCUT2D eigenvalue weighted by atomic mass is 16.5. The Bertz CT molecular complexity index is 1170. The third-order valence-electron chi connectivity index (χ3n) is 6.26. The topological polar surface area (TPSA) is 51.8 Å². The van der Waals surface area contributed by atoms with Crippen LogP contribution in [0.2, 0.25) is 0 Å². The van der Waals surface area contributed by atoms with Crippen LogP contribution in [0.3, 0.4) is 0 Å². The summed E-state index contributed by atoms with van der Waals surface area (Å²) in [5.74, 6) is 0.767. The van der Waals surface area contributed by atoms with Crippen LogP contribution in [0.1, 0.15) is 16.1 Å². The monoisotopic (exact) mass is 428 g/mol. The minimum atomic E-state index is 0.0656. The van der Waals surface area contributed by atoms with Gasteiger partial charge in [0.15, 0.2) is 0 Å². The second-order valence-electron chi connectivity index (χ2n) is 8.39. The maximum Gasteiger partial charge on any atom is 0.254 e. The zero-order chi connectivity index (χ0) is 22.1. The zero-order valence-corrected chi connectivity index (χ0v) is 18.5. The highest BCUT2D eigenvalue weighted by molar-refractivity contribution is 5.95. The number of aromatic amines is 1. The van der Waals surface area contributed by atoms with E-state index in [0.29, 0.717) is 11.3 Å². The molecular formula is C26H28N4O2. The largest absolute Gasteiger partial charge is 0.495 e. The fraction of sp³-hybridized carbons (Fsp3) is 0.269. The summed E-state index contributed by atoms with van der Waals surface area (Å²) in [6.07, 6.45) is 6.41. The molecule has 6 heteroatoms. The van der Waals surface area contributed by atoms with Crippen LogP contribution < -0.4 is 9.64 Å². The number of methoxy groups -OCH3 is 1. The van der Waals surface area contributed by atoms with Gasteiger partial charge < -0.3 is 24.4 Å². The number of nitrogens with zero attached hydrogens (tertiary/aromatic N) is 3. The Morgan fingerprint density at radius 1 is 1.03 bits per heavy atom. The first-order valence-corrected chi connectivity index (χ1v) is 11.0. The van der Waals surface area contributed by atoms with Crippen LogP contribution in [0.25, 0.3) is 16.5 Å².